The van der Waals surface area contributed by atoms with Crippen LogP contribution in [0.15, 0.2) is 17.0 Å². The van der Waals surface area contributed by atoms with Crippen molar-refractivity contribution in [3.63, 3.8) is 0 Å². The van der Waals surface area contributed by atoms with E-state index in [0.717, 1.165) is 0 Å². The SMILES string of the molecule is CCCNS(=O)(=O)c1cc(Cl)cc(CN)c1Cl. The molecule has 1 aromatic carbocycles. The fraction of sp³-hybridized carbons (Fsp3) is 0.400. The van der Waals surface area contributed by atoms with Crippen LogP contribution >= 0.6 is 23.2 Å². The lowest BCUT2D eigenvalue weighted by molar-refractivity contribution is 0.580. The van der Waals surface area contributed by atoms with Crippen LogP contribution in [0, 0.1) is 0 Å². The van der Waals surface area contributed by atoms with Gasteiger partial charge in [-0.15, -0.1) is 0 Å². The van der Waals surface area contributed by atoms with E-state index in [2.05, 4.69) is 4.72 Å². The topological polar surface area (TPSA) is 72.2 Å². The van der Waals surface area contributed by atoms with Gasteiger partial charge in [-0.2, -0.15) is 0 Å². The molecule has 1 rings (SSSR count). The van der Waals surface area contributed by atoms with E-state index in [1.165, 1.54) is 6.07 Å². The predicted molar refractivity (Wildman–Crippen MR) is 69.8 cm³/mol. The Morgan fingerprint density at radius 3 is 2.53 bits per heavy atom. The Kier molecular flexibility index (Phi) is 5.22. The van der Waals surface area contributed by atoms with Crippen LogP contribution in [-0.4, -0.2) is 15.0 Å². The monoisotopic (exact) mass is 296 g/mol. The number of nitrogens with two attached hydrogens (primary N) is 1. The summed E-state index contributed by atoms with van der Waals surface area (Å²) in [6.07, 6.45) is 0.696. The first-order valence-corrected chi connectivity index (χ1v) is 7.34. The van der Waals surface area contributed by atoms with Gasteiger partial charge in [0, 0.05) is 18.1 Å². The fourth-order valence-electron chi connectivity index (χ4n) is 1.28. The Balaban J connectivity index is 3.26. The Labute approximate surface area is 111 Å². The van der Waals surface area contributed by atoms with E-state index in [1.54, 1.807) is 6.07 Å². The summed E-state index contributed by atoms with van der Waals surface area (Å²) in [6.45, 7) is 2.35. The molecule has 0 saturated heterocycles. The molecule has 0 heterocycles. The summed E-state index contributed by atoms with van der Waals surface area (Å²) in [6, 6.07) is 2.88. The van der Waals surface area contributed by atoms with Gasteiger partial charge >= 0.3 is 0 Å². The first-order valence-electron chi connectivity index (χ1n) is 5.10. The van der Waals surface area contributed by atoms with Crippen LogP contribution in [-0.2, 0) is 16.6 Å². The zero-order valence-electron chi connectivity index (χ0n) is 9.33. The van der Waals surface area contributed by atoms with E-state index in [-0.39, 0.29) is 16.5 Å². The average molecular weight is 297 g/mol. The van der Waals surface area contributed by atoms with Crippen molar-refractivity contribution in [2.24, 2.45) is 5.73 Å². The highest BCUT2D eigenvalue weighted by Gasteiger charge is 2.20. The molecule has 0 radical (unpaired) electrons. The second-order valence-corrected chi connectivity index (χ2v) is 6.03. The average Bonchev–Trinajstić information content (AvgIpc) is 2.29. The van der Waals surface area contributed by atoms with Gasteiger partial charge in [0.15, 0.2) is 0 Å². The van der Waals surface area contributed by atoms with E-state index in [9.17, 15) is 8.42 Å². The van der Waals surface area contributed by atoms with E-state index in [1.807, 2.05) is 6.92 Å². The molecule has 0 unspecified atom stereocenters. The van der Waals surface area contributed by atoms with Crippen molar-refractivity contribution in [1.82, 2.24) is 4.72 Å². The van der Waals surface area contributed by atoms with Gasteiger partial charge in [-0.1, -0.05) is 30.1 Å². The molecular weight excluding hydrogens is 283 g/mol. The summed E-state index contributed by atoms with van der Waals surface area (Å²) in [5.74, 6) is 0. The van der Waals surface area contributed by atoms with Crippen LogP contribution in [0.3, 0.4) is 0 Å². The molecule has 1 aromatic rings. The molecule has 0 aromatic heterocycles. The quantitative estimate of drug-likeness (QED) is 0.874. The number of sulfonamides is 1. The number of hydrogen-bond acceptors (Lipinski definition) is 3. The minimum absolute atomic E-state index is 0.0273. The van der Waals surface area contributed by atoms with Crippen LogP contribution in [0.1, 0.15) is 18.9 Å². The maximum absolute atomic E-state index is 11.9. The van der Waals surface area contributed by atoms with Crippen molar-refractivity contribution in [3.8, 4) is 0 Å². The third-order valence-corrected chi connectivity index (χ3v) is 4.39. The molecule has 96 valence electrons. The molecule has 17 heavy (non-hydrogen) atoms. The van der Waals surface area contributed by atoms with Crippen LogP contribution in [0.2, 0.25) is 10.0 Å². The highest BCUT2D eigenvalue weighted by atomic mass is 35.5. The van der Waals surface area contributed by atoms with Crippen LogP contribution in [0.25, 0.3) is 0 Å². The van der Waals surface area contributed by atoms with E-state index in [4.69, 9.17) is 28.9 Å². The minimum atomic E-state index is -3.63. The van der Waals surface area contributed by atoms with Crippen LogP contribution in [0.5, 0.6) is 0 Å². The second-order valence-electron chi connectivity index (χ2n) is 3.48. The van der Waals surface area contributed by atoms with Gasteiger partial charge in [-0.25, -0.2) is 13.1 Å². The molecule has 4 nitrogen and oxygen atoms in total. The number of halogens is 2. The summed E-state index contributed by atoms with van der Waals surface area (Å²) in [5, 5.41) is 0.423. The number of nitrogens with one attached hydrogen (secondary N) is 1. The number of benzene rings is 1. The molecule has 0 amide bonds. The lowest BCUT2D eigenvalue weighted by Crippen LogP contribution is -2.25. The van der Waals surface area contributed by atoms with Gasteiger partial charge < -0.3 is 5.73 Å². The molecule has 0 aliphatic rings. The lowest BCUT2D eigenvalue weighted by atomic mass is 10.2. The highest BCUT2D eigenvalue weighted by molar-refractivity contribution is 7.89. The Hall–Kier alpha value is -0.330. The maximum atomic E-state index is 11.9. The van der Waals surface area contributed by atoms with Gasteiger partial charge in [0.05, 0.1) is 5.02 Å². The Bertz CT molecular complexity index is 503. The van der Waals surface area contributed by atoms with E-state index in [0.29, 0.717) is 23.6 Å². The standard InChI is InChI=1S/C10H14Cl2N2O2S/c1-2-3-14-17(15,16)9-5-8(11)4-7(6-13)10(9)12/h4-5,14H,2-3,6,13H2,1H3. The van der Waals surface area contributed by atoms with E-state index < -0.39 is 10.0 Å². The normalized spacial score (nSPS) is 11.8. The smallest absolute Gasteiger partial charge is 0.242 e. The first kappa shape index (κ1) is 14.7. The van der Waals surface area contributed by atoms with Crippen molar-refractivity contribution < 1.29 is 8.42 Å². The van der Waals surface area contributed by atoms with Gasteiger partial charge in [-0.3, -0.25) is 0 Å². The fourth-order valence-corrected chi connectivity index (χ4v) is 3.35. The zero-order chi connectivity index (χ0) is 13.1. The third kappa shape index (κ3) is 3.56. The molecule has 0 bridgehead atoms. The molecule has 0 atom stereocenters. The van der Waals surface area contributed by atoms with Crippen LogP contribution < -0.4 is 10.5 Å². The lowest BCUT2D eigenvalue weighted by Gasteiger charge is -2.11. The third-order valence-electron chi connectivity index (χ3n) is 2.13. The molecule has 3 N–H and O–H groups in total. The Morgan fingerprint density at radius 1 is 1.35 bits per heavy atom. The number of hydrogen-bond donors (Lipinski definition) is 2. The second kappa shape index (κ2) is 6.02. The zero-order valence-corrected chi connectivity index (χ0v) is 11.7. The number of rotatable bonds is 5. The molecule has 0 fully saturated rings. The van der Waals surface area contributed by atoms with Crippen molar-refractivity contribution in [1.29, 1.82) is 0 Å². The van der Waals surface area contributed by atoms with Crippen molar-refractivity contribution in [3.05, 3.63) is 27.7 Å². The van der Waals surface area contributed by atoms with Gasteiger partial charge in [0.1, 0.15) is 4.90 Å². The summed E-state index contributed by atoms with van der Waals surface area (Å²) < 4.78 is 26.3. The van der Waals surface area contributed by atoms with E-state index >= 15 is 0 Å². The maximum Gasteiger partial charge on any atom is 0.242 e. The first-order chi connectivity index (χ1) is 7.92. The summed E-state index contributed by atoms with van der Waals surface area (Å²) >= 11 is 11.8. The van der Waals surface area contributed by atoms with Crippen molar-refractivity contribution in [2.45, 2.75) is 24.8 Å². The summed E-state index contributed by atoms with van der Waals surface area (Å²) in [4.78, 5) is -0.0273. The largest absolute Gasteiger partial charge is 0.326 e. The minimum Gasteiger partial charge on any atom is -0.326 e. The summed E-state index contributed by atoms with van der Waals surface area (Å²) in [7, 11) is -3.63. The highest BCUT2D eigenvalue weighted by Crippen LogP contribution is 2.29. The van der Waals surface area contributed by atoms with Gasteiger partial charge in [0.2, 0.25) is 10.0 Å². The Morgan fingerprint density at radius 2 is 2.00 bits per heavy atom. The van der Waals surface area contributed by atoms with Gasteiger partial charge in [-0.05, 0) is 24.1 Å². The molecule has 0 spiro atoms. The van der Waals surface area contributed by atoms with Crippen molar-refractivity contribution in [2.75, 3.05) is 6.54 Å². The molecule has 0 saturated carbocycles. The summed E-state index contributed by atoms with van der Waals surface area (Å²) in [5.41, 5.74) is 5.98. The molecular formula is C10H14Cl2N2O2S. The molecule has 7 heteroatoms. The van der Waals surface area contributed by atoms with Crippen molar-refractivity contribution >= 4 is 33.2 Å². The van der Waals surface area contributed by atoms with Gasteiger partial charge in [0.25, 0.3) is 0 Å². The van der Waals surface area contributed by atoms with Crippen LogP contribution in [0.4, 0.5) is 0 Å². The molecule has 0 aliphatic heterocycles. The molecule has 0 aliphatic carbocycles. The predicted octanol–water partition coefficient (Wildman–Crippen LogP) is 2.14.